The molecule has 28 heavy (non-hydrogen) atoms. The number of carbonyl (C=O) groups excluding carboxylic acids is 1. The van der Waals surface area contributed by atoms with Crippen LogP contribution in [-0.2, 0) is 11.8 Å². The summed E-state index contributed by atoms with van der Waals surface area (Å²) in [5, 5.41) is 13.6. The molecular weight excluding hydrogens is 371 g/mol. The van der Waals surface area contributed by atoms with Crippen LogP contribution < -0.4 is 10.2 Å². The third kappa shape index (κ3) is 4.27. The van der Waals surface area contributed by atoms with Crippen LogP contribution in [0.3, 0.4) is 0 Å². The van der Waals surface area contributed by atoms with Crippen molar-refractivity contribution in [3.05, 3.63) is 59.3 Å². The number of pyridine rings is 1. The van der Waals surface area contributed by atoms with E-state index < -0.39 is 17.3 Å². The lowest BCUT2D eigenvalue weighted by atomic mass is 9.83. The van der Waals surface area contributed by atoms with E-state index in [4.69, 9.17) is 0 Å². The highest BCUT2D eigenvalue weighted by atomic mass is 19.4. The molecule has 2 heterocycles. The van der Waals surface area contributed by atoms with Crippen molar-refractivity contribution < 1.29 is 23.1 Å². The summed E-state index contributed by atoms with van der Waals surface area (Å²) in [6.07, 6.45) is -2.38. The molecular formula is C20H22F3N3O2. The van der Waals surface area contributed by atoms with Gasteiger partial charge >= 0.3 is 6.18 Å². The zero-order valence-electron chi connectivity index (χ0n) is 15.5. The summed E-state index contributed by atoms with van der Waals surface area (Å²) in [6, 6.07) is 8.30. The molecule has 0 atom stereocenters. The molecule has 0 aliphatic carbocycles. The van der Waals surface area contributed by atoms with Crippen LogP contribution in [0.15, 0.2) is 42.6 Å². The van der Waals surface area contributed by atoms with Gasteiger partial charge in [0.1, 0.15) is 5.82 Å². The Balaban J connectivity index is 1.69. The van der Waals surface area contributed by atoms with Crippen LogP contribution >= 0.6 is 0 Å². The number of aromatic nitrogens is 1. The number of amides is 1. The molecule has 8 heteroatoms. The van der Waals surface area contributed by atoms with Crippen LogP contribution in [0.1, 0.15) is 41.3 Å². The minimum Gasteiger partial charge on any atom is -0.385 e. The lowest BCUT2D eigenvalue weighted by Gasteiger charge is -2.39. The first-order chi connectivity index (χ1) is 13.2. The molecule has 3 rings (SSSR count). The number of nitrogens with one attached hydrogen (secondary N) is 1. The van der Waals surface area contributed by atoms with Crippen LogP contribution in [0.25, 0.3) is 0 Å². The van der Waals surface area contributed by atoms with Gasteiger partial charge in [0.15, 0.2) is 0 Å². The first-order valence-corrected chi connectivity index (χ1v) is 9.12. The molecule has 2 aromatic rings. The Bertz CT molecular complexity index is 829. The average molecular weight is 393 g/mol. The zero-order valence-corrected chi connectivity index (χ0v) is 15.5. The summed E-state index contributed by atoms with van der Waals surface area (Å²) < 4.78 is 38.9. The fraction of sp³-hybridized carbons (Fsp3) is 0.400. The van der Waals surface area contributed by atoms with Crippen LogP contribution in [0.2, 0.25) is 0 Å². The molecule has 1 aromatic heterocycles. The van der Waals surface area contributed by atoms with Crippen molar-refractivity contribution in [1.29, 1.82) is 0 Å². The van der Waals surface area contributed by atoms with E-state index in [1.54, 1.807) is 12.1 Å². The molecule has 1 aliphatic rings. The highest BCUT2D eigenvalue weighted by Crippen LogP contribution is 2.37. The lowest BCUT2D eigenvalue weighted by molar-refractivity contribution is -0.137. The highest BCUT2D eigenvalue weighted by Gasteiger charge is 2.37. The maximum absolute atomic E-state index is 13.0. The fourth-order valence-electron chi connectivity index (χ4n) is 3.35. The number of alkyl halides is 3. The van der Waals surface area contributed by atoms with Crippen molar-refractivity contribution >= 4 is 11.7 Å². The van der Waals surface area contributed by atoms with E-state index in [-0.39, 0.29) is 24.3 Å². The van der Waals surface area contributed by atoms with E-state index in [1.165, 1.54) is 18.3 Å². The largest absolute Gasteiger partial charge is 0.416 e. The molecule has 1 amide bonds. The molecule has 2 N–H and O–H groups in total. The summed E-state index contributed by atoms with van der Waals surface area (Å²) in [5.41, 5.74) is -1.33. The van der Waals surface area contributed by atoms with Crippen molar-refractivity contribution in [2.75, 3.05) is 24.5 Å². The number of hydrogen-bond acceptors (Lipinski definition) is 4. The predicted molar refractivity (Wildman–Crippen MR) is 99.0 cm³/mol. The van der Waals surface area contributed by atoms with Gasteiger partial charge in [-0.1, -0.05) is 12.1 Å². The smallest absolute Gasteiger partial charge is 0.385 e. The molecule has 0 saturated carbocycles. The maximum Gasteiger partial charge on any atom is 0.416 e. The van der Waals surface area contributed by atoms with Gasteiger partial charge in [0.25, 0.3) is 5.91 Å². The van der Waals surface area contributed by atoms with Gasteiger partial charge in [-0.05, 0) is 49.6 Å². The van der Waals surface area contributed by atoms with Gasteiger partial charge in [-0.2, -0.15) is 13.2 Å². The number of piperidine rings is 1. The van der Waals surface area contributed by atoms with Crippen molar-refractivity contribution in [2.24, 2.45) is 0 Å². The van der Waals surface area contributed by atoms with Gasteiger partial charge in [0.2, 0.25) is 0 Å². The van der Waals surface area contributed by atoms with Crippen molar-refractivity contribution in [2.45, 2.75) is 31.5 Å². The molecule has 0 bridgehead atoms. The summed E-state index contributed by atoms with van der Waals surface area (Å²) in [4.78, 5) is 18.0. The van der Waals surface area contributed by atoms with Crippen LogP contribution in [0.4, 0.5) is 19.0 Å². The number of aliphatic hydroxyl groups is 1. The summed E-state index contributed by atoms with van der Waals surface area (Å²) in [7, 11) is 0. The Morgan fingerprint density at radius 3 is 2.54 bits per heavy atom. The SMILES string of the molecule is CCNC(=O)c1ccc(N2CCC(O)(c3cccc(C(F)(F)F)c3)CC2)nc1. The van der Waals surface area contributed by atoms with Gasteiger partial charge in [-0.25, -0.2) is 4.98 Å². The quantitative estimate of drug-likeness (QED) is 0.836. The van der Waals surface area contributed by atoms with Crippen LogP contribution in [0, 0.1) is 0 Å². The number of anilines is 1. The Kier molecular flexibility index (Phi) is 5.60. The van der Waals surface area contributed by atoms with Gasteiger partial charge < -0.3 is 15.3 Å². The number of benzene rings is 1. The van der Waals surface area contributed by atoms with Crippen molar-refractivity contribution in [3.8, 4) is 0 Å². The van der Waals surface area contributed by atoms with E-state index in [1.807, 2.05) is 11.8 Å². The summed E-state index contributed by atoms with van der Waals surface area (Å²) in [5.74, 6) is 0.471. The maximum atomic E-state index is 13.0. The number of carbonyl (C=O) groups is 1. The van der Waals surface area contributed by atoms with Gasteiger partial charge in [0, 0.05) is 25.8 Å². The fourth-order valence-corrected chi connectivity index (χ4v) is 3.35. The van der Waals surface area contributed by atoms with Gasteiger partial charge in [-0.15, -0.1) is 0 Å². The molecule has 0 spiro atoms. The number of hydrogen-bond donors (Lipinski definition) is 2. The third-order valence-corrected chi connectivity index (χ3v) is 4.99. The molecule has 1 aliphatic heterocycles. The van der Waals surface area contributed by atoms with E-state index in [9.17, 15) is 23.1 Å². The normalized spacial score (nSPS) is 16.7. The Labute approximate surface area is 161 Å². The molecule has 1 fully saturated rings. The Morgan fingerprint density at radius 2 is 1.96 bits per heavy atom. The Morgan fingerprint density at radius 1 is 1.25 bits per heavy atom. The summed E-state index contributed by atoms with van der Waals surface area (Å²) in [6.45, 7) is 3.25. The number of rotatable bonds is 4. The highest BCUT2D eigenvalue weighted by molar-refractivity contribution is 5.94. The monoisotopic (exact) mass is 393 g/mol. The molecule has 5 nitrogen and oxygen atoms in total. The predicted octanol–water partition coefficient (Wildman–Crippen LogP) is 3.34. The van der Waals surface area contributed by atoms with Crippen molar-refractivity contribution in [1.82, 2.24) is 10.3 Å². The average Bonchev–Trinajstić information content (AvgIpc) is 2.68. The van der Waals surface area contributed by atoms with Crippen LogP contribution in [-0.4, -0.2) is 35.6 Å². The molecule has 150 valence electrons. The third-order valence-electron chi connectivity index (χ3n) is 4.99. The summed E-state index contributed by atoms with van der Waals surface area (Å²) >= 11 is 0. The molecule has 1 aromatic carbocycles. The second-order valence-corrected chi connectivity index (χ2v) is 6.86. The minimum atomic E-state index is -4.44. The second-order valence-electron chi connectivity index (χ2n) is 6.86. The van der Waals surface area contributed by atoms with Gasteiger partial charge in [0.05, 0.1) is 16.7 Å². The molecule has 1 saturated heterocycles. The van der Waals surface area contributed by atoms with E-state index in [0.29, 0.717) is 31.0 Å². The molecule has 0 unspecified atom stereocenters. The minimum absolute atomic E-state index is 0.195. The van der Waals surface area contributed by atoms with Gasteiger partial charge in [-0.3, -0.25) is 4.79 Å². The van der Waals surface area contributed by atoms with E-state index >= 15 is 0 Å². The number of nitrogens with zero attached hydrogens (tertiary/aromatic N) is 2. The number of halogens is 3. The molecule has 0 radical (unpaired) electrons. The van der Waals surface area contributed by atoms with E-state index in [2.05, 4.69) is 10.3 Å². The topological polar surface area (TPSA) is 65.5 Å². The van der Waals surface area contributed by atoms with Crippen LogP contribution in [0.5, 0.6) is 0 Å². The lowest BCUT2D eigenvalue weighted by Crippen LogP contribution is -2.43. The zero-order chi connectivity index (χ0) is 20.4. The standard InChI is InChI=1S/C20H22F3N3O2/c1-2-24-18(27)14-6-7-17(25-13-14)26-10-8-19(28,9-11-26)15-4-3-5-16(12-15)20(21,22)23/h3-7,12-13,28H,2,8-11H2,1H3,(H,24,27). The van der Waals surface area contributed by atoms with E-state index in [0.717, 1.165) is 12.1 Å². The first kappa shape index (κ1) is 20.1. The second kappa shape index (κ2) is 7.79. The Hall–Kier alpha value is -2.61. The first-order valence-electron chi connectivity index (χ1n) is 9.12. The van der Waals surface area contributed by atoms with Crippen molar-refractivity contribution in [3.63, 3.8) is 0 Å².